The summed E-state index contributed by atoms with van der Waals surface area (Å²) in [5.74, 6) is 0.299. The van der Waals surface area contributed by atoms with Crippen LogP contribution in [0.1, 0.15) is 18.4 Å². The van der Waals surface area contributed by atoms with E-state index < -0.39 is 22.0 Å². The third-order valence-electron chi connectivity index (χ3n) is 4.79. The average molecular weight is 477 g/mol. The number of nitriles is 1. The Morgan fingerprint density at radius 2 is 2.06 bits per heavy atom. The van der Waals surface area contributed by atoms with Crippen LogP contribution in [0.3, 0.4) is 0 Å². The molecule has 1 heterocycles. The van der Waals surface area contributed by atoms with Gasteiger partial charge in [0.05, 0.1) is 18.2 Å². The fraction of sp³-hybridized carbons (Fsp3) is 0.286. The molecule has 11 heteroatoms. The maximum Gasteiger partial charge on any atom is 0.258 e. The molecular formula is C21H21ClN4O5S. The summed E-state index contributed by atoms with van der Waals surface area (Å²) in [6, 6.07) is 11.8. The van der Waals surface area contributed by atoms with Crippen LogP contribution in [0.25, 0.3) is 0 Å². The summed E-state index contributed by atoms with van der Waals surface area (Å²) in [5.41, 5.74) is 3.02. The number of carbonyl (C=O) groups excluding carboxylic acids is 1. The van der Waals surface area contributed by atoms with Crippen LogP contribution in [0.5, 0.6) is 11.5 Å². The maximum absolute atomic E-state index is 13.0. The Labute approximate surface area is 191 Å². The fourth-order valence-electron chi connectivity index (χ4n) is 3.27. The fourth-order valence-corrected chi connectivity index (χ4v) is 5.05. The molecule has 1 saturated heterocycles. The van der Waals surface area contributed by atoms with Crippen molar-refractivity contribution in [2.75, 3.05) is 20.3 Å². The number of halogens is 1. The molecule has 168 valence electrons. The summed E-state index contributed by atoms with van der Waals surface area (Å²) in [5, 5.41) is 13.0. The molecule has 0 aromatic heterocycles. The zero-order valence-corrected chi connectivity index (χ0v) is 18.8. The standard InChI is InChI=1S/C21H21ClN4O5S/c1-30-20-13-15(4-9-19(20)31-12-10-23)14-24-25-21(27)18-3-2-11-26(18)32(28,29)17-7-5-16(22)6-8-17/h4-9,13-14,18H,2-3,11-12H2,1H3,(H,25,27)/b24-14-/t18-/m0/s1. The van der Waals surface area contributed by atoms with Crippen LogP contribution in [-0.4, -0.2) is 51.1 Å². The maximum atomic E-state index is 13.0. The lowest BCUT2D eigenvalue weighted by molar-refractivity contribution is -0.124. The predicted octanol–water partition coefficient (Wildman–Crippen LogP) is 2.55. The number of hydrazone groups is 1. The number of hydrogen-bond donors (Lipinski definition) is 1. The Kier molecular flexibility index (Phi) is 7.69. The summed E-state index contributed by atoms with van der Waals surface area (Å²) in [6.45, 7) is 0.130. The lowest BCUT2D eigenvalue weighted by Crippen LogP contribution is -2.44. The molecule has 2 aromatic carbocycles. The van der Waals surface area contributed by atoms with Gasteiger partial charge in [-0.3, -0.25) is 4.79 Å². The van der Waals surface area contributed by atoms with Gasteiger partial charge in [0.2, 0.25) is 10.0 Å². The van der Waals surface area contributed by atoms with Crippen molar-refractivity contribution < 1.29 is 22.7 Å². The van der Waals surface area contributed by atoms with Gasteiger partial charge < -0.3 is 9.47 Å². The zero-order valence-electron chi connectivity index (χ0n) is 17.2. The largest absolute Gasteiger partial charge is 0.493 e. The van der Waals surface area contributed by atoms with E-state index in [1.807, 2.05) is 6.07 Å². The highest BCUT2D eigenvalue weighted by Crippen LogP contribution is 2.28. The lowest BCUT2D eigenvalue weighted by atomic mass is 10.2. The Morgan fingerprint density at radius 3 is 2.75 bits per heavy atom. The number of rotatable bonds is 8. The molecule has 32 heavy (non-hydrogen) atoms. The Morgan fingerprint density at radius 1 is 1.31 bits per heavy atom. The minimum atomic E-state index is -3.84. The number of ether oxygens (including phenoxy) is 2. The van der Waals surface area contributed by atoms with E-state index in [0.717, 1.165) is 0 Å². The van der Waals surface area contributed by atoms with Gasteiger partial charge in [-0.2, -0.15) is 14.7 Å². The first-order chi connectivity index (χ1) is 15.4. The van der Waals surface area contributed by atoms with Crippen molar-refractivity contribution in [3.63, 3.8) is 0 Å². The number of benzene rings is 2. The average Bonchev–Trinajstić information content (AvgIpc) is 3.29. The molecule has 3 rings (SSSR count). The molecule has 1 atom stereocenters. The molecule has 0 spiro atoms. The van der Waals surface area contributed by atoms with Gasteiger partial charge in [0, 0.05) is 11.6 Å². The van der Waals surface area contributed by atoms with Crippen molar-refractivity contribution in [2.45, 2.75) is 23.8 Å². The molecule has 0 unspecified atom stereocenters. The first kappa shape index (κ1) is 23.5. The van der Waals surface area contributed by atoms with Crippen molar-refractivity contribution >= 4 is 33.7 Å². The van der Waals surface area contributed by atoms with Gasteiger partial charge in [-0.25, -0.2) is 13.8 Å². The monoisotopic (exact) mass is 476 g/mol. The number of hydrogen-bond acceptors (Lipinski definition) is 7. The first-order valence-electron chi connectivity index (χ1n) is 9.65. The number of sulfonamides is 1. The van der Waals surface area contributed by atoms with Crippen LogP contribution in [0, 0.1) is 11.3 Å². The van der Waals surface area contributed by atoms with Gasteiger partial charge in [-0.1, -0.05) is 11.6 Å². The van der Waals surface area contributed by atoms with Gasteiger partial charge in [0.15, 0.2) is 18.1 Å². The van der Waals surface area contributed by atoms with Gasteiger partial charge >= 0.3 is 0 Å². The third-order valence-corrected chi connectivity index (χ3v) is 6.97. The minimum Gasteiger partial charge on any atom is -0.493 e. The minimum absolute atomic E-state index is 0.0795. The van der Waals surface area contributed by atoms with E-state index >= 15 is 0 Å². The van der Waals surface area contributed by atoms with E-state index in [4.69, 9.17) is 26.3 Å². The Balaban J connectivity index is 1.68. The molecule has 9 nitrogen and oxygen atoms in total. The van der Waals surface area contributed by atoms with Crippen LogP contribution >= 0.6 is 11.6 Å². The van der Waals surface area contributed by atoms with Crippen molar-refractivity contribution in [1.29, 1.82) is 5.26 Å². The normalized spacial score (nSPS) is 16.6. The molecule has 0 radical (unpaired) electrons. The Hall–Kier alpha value is -3.13. The van der Waals surface area contributed by atoms with E-state index in [0.29, 0.717) is 34.9 Å². The number of nitrogens with zero attached hydrogens (tertiary/aromatic N) is 3. The molecule has 1 N–H and O–H groups in total. The number of nitrogens with one attached hydrogen (secondary N) is 1. The van der Waals surface area contributed by atoms with Crippen LogP contribution in [0.15, 0.2) is 52.5 Å². The van der Waals surface area contributed by atoms with E-state index in [-0.39, 0.29) is 18.0 Å². The van der Waals surface area contributed by atoms with Crippen molar-refractivity contribution in [3.05, 3.63) is 53.1 Å². The van der Waals surface area contributed by atoms with Crippen molar-refractivity contribution in [2.24, 2.45) is 5.10 Å². The SMILES string of the molecule is COc1cc(/C=N\NC(=O)[C@@H]2CCCN2S(=O)(=O)c2ccc(Cl)cc2)ccc1OCC#N. The topological polar surface area (TPSA) is 121 Å². The molecular weight excluding hydrogens is 456 g/mol. The molecule has 1 aliphatic rings. The van der Waals surface area contributed by atoms with E-state index in [2.05, 4.69) is 10.5 Å². The van der Waals surface area contributed by atoms with Crippen molar-refractivity contribution in [3.8, 4) is 17.6 Å². The Bertz CT molecular complexity index is 1150. The first-order valence-corrected chi connectivity index (χ1v) is 11.5. The molecule has 1 fully saturated rings. The lowest BCUT2D eigenvalue weighted by Gasteiger charge is -2.22. The van der Waals surface area contributed by atoms with Crippen LogP contribution in [0.2, 0.25) is 5.02 Å². The second-order valence-corrected chi connectivity index (χ2v) is 9.15. The molecule has 0 saturated carbocycles. The van der Waals surface area contributed by atoms with Gasteiger partial charge in [0.25, 0.3) is 5.91 Å². The highest BCUT2D eigenvalue weighted by molar-refractivity contribution is 7.89. The second-order valence-electron chi connectivity index (χ2n) is 6.82. The summed E-state index contributed by atoms with van der Waals surface area (Å²) < 4.78 is 37.6. The van der Waals surface area contributed by atoms with E-state index in [9.17, 15) is 13.2 Å². The molecule has 0 bridgehead atoms. The summed E-state index contributed by atoms with van der Waals surface area (Å²) >= 11 is 5.84. The van der Waals surface area contributed by atoms with E-state index in [1.165, 1.54) is 41.9 Å². The smallest absolute Gasteiger partial charge is 0.258 e. The zero-order chi connectivity index (χ0) is 23.1. The van der Waals surface area contributed by atoms with Crippen LogP contribution < -0.4 is 14.9 Å². The number of methoxy groups -OCH3 is 1. The highest BCUT2D eigenvalue weighted by Gasteiger charge is 2.39. The molecule has 1 aliphatic heterocycles. The van der Waals surface area contributed by atoms with Crippen LogP contribution in [0.4, 0.5) is 0 Å². The summed E-state index contributed by atoms with van der Waals surface area (Å²) in [4.78, 5) is 12.7. The molecule has 1 amide bonds. The predicted molar refractivity (Wildman–Crippen MR) is 118 cm³/mol. The summed E-state index contributed by atoms with van der Waals surface area (Å²) in [6.07, 6.45) is 2.37. The van der Waals surface area contributed by atoms with Crippen LogP contribution in [-0.2, 0) is 14.8 Å². The van der Waals surface area contributed by atoms with Gasteiger partial charge in [-0.05, 0) is 60.9 Å². The molecule has 0 aliphatic carbocycles. The number of carbonyl (C=O) groups is 1. The van der Waals surface area contributed by atoms with Gasteiger partial charge in [0.1, 0.15) is 12.1 Å². The quantitative estimate of drug-likeness (QED) is 0.461. The van der Waals surface area contributed by atoms with Gasteiger partial charge in [-0.15, -0.1) is 0 Å². The highest BCUT2D eigenvalue weighted by atomic mass is 35.5. The van der Waals surface area contributed by atoms with Crippen molar-refractivity contribution in [1.82, 2.24) is 9.73 Å². The van der Waals surface area contributed by atoms with E-state index in [1.54, 1.807) is 18.2 Å². The third kappa shape index (κ3) is 5.37. The molecule has 2 aromatic rings. The second kappa shape index (κ2) is 10.5. The number of amides is 1. The summed E-state index contributed by atoms with van der Waals surface area (Å²) in [7, 11) is -2.37.